The Kier molecular flexibility index (Phi) is 6.23. The van der Waals surface area contributed by atoms with Crippen molar-refractivity contribution in [2.75, 3.05) is 37.7 Å². The molecule has 1 aliphatic rings. The maximum Gasteiger partial charge on any atom is 0.228 e. The summed E-state index contributed by atoms with van der Waals surface area (Å²) in [7, 11) is 0. The lowest BCUT2D eigenvalue weighted by molar-refractivity contribution is 0.304. The Morgan fingerprint density at radius 3 is 2.90 bits per heavy atom. The lowest BCUT2D eigenvalue weighted by Gasteiger charge is -2.29. The number of hydrogen-bond acceptors (Lipinski definition) is 5. The quantitative estimate of drug-likeness (QED) is 0.836. The highest BCUT2D eigenvalue weighted by molar-refractivity contribution is 5.34. The molecule has 1 aliphatic heterocycles. The van der Waals surface area contributed by atoms with Crippen molar-refractivity contribution >= 4 is 5.95 Å². The summed E-state index contributed by atoms with van der Waals surface area (Å²) in [6, 6.07) is 1.91. The van der Waals surface area contributed by atoms with E-state index in [2.05, 4.69) is 34.0 Å². The van der Waals surface area contributed by atoms with Crippen LogP contribution in [-0.2, 0) is 0 Å². The van der Waals surface area contributed by atoms with E-state index < -0.39 is 0 Å². The van der Waals surface area contributed by atoms with Crippen molar-refractivity contribution in [1.29, 1.82) is 0 Å². The van der Waals surface area contributed by atoms with Gasteiger partial charge in [0, 0.05) is 24.8 Å². The van der Waals surface area contributed by atoms with Crippen molar-refractivity contribution in [3.63, 3.8) is 0 Å². The van der Waals surface area contributed by atoms with E-state index in [0.29, 0.717) is 18.4 Å². The highest BCUT2D eigenvalue weighted by atomic mass is 16.5. The topological polar surface area (TPSA) is 50.3 Å². The molecule has 5 nitrogen and oxygen atoms in total. The molecule has 1 saturated heterocycles. The van der Waals surface area contributed by atoms with Crippen LogP contribution in [-0.4, -0.2) is 42.8 Å². The van der Waals surface area contributed by atoms with E-state index in [1.165, 1.54) is 12.8 Å². The predicted octanol–water partition coefficient (Wildman–Crippen LogP) is 2.40. The standard InChI is InChI=1S/C16H28N4O/c1-4-9-21-15-10-13(3)18-16(19-15)20(5-2)12-14-7-6-8-17-11-14/h10,14,17H,4-9,11-12H2,1-3H3. The van der Waals surface area contributed by atoms with Gasteiger partial charge in [-0.3, -0.25) is 0 Å². The van der Waals surface area contributed by atoms with E-state index >= 15 is 0 Å². The number of anilines is 1. The molecular weight excluding hydrogens is 264 g/mol. The van der Waals surface area contributed by atoms with Gasteiger partial charge in [-0.2, -0.15) is 4.98 Å². The van der Waals surface area contributed by atoms with Crippen molar-refractivity contribution in [3.05, 3.63) is 11.8 Å². The van der Waals surface area contributed by atoms with Crippen LogP contribution in [0.2, 0.25) is 0 Å². The molecule has 0 spiro atoms. The van der Waals surface area contributed by atoms with Crippen LogP contribution >= 0.6 is 0 Å². The number of aryl methyl sites for hydroxylation is 1. The van der Waals surface area contributed by atoms with E-state index in [4.69, 9.17) is 4.74 Å². The first-order valence-corrected chi connectivity index (χ1v) is 8.17. The van der Waals surface area contributed by atoms with Gasteiger partial charge in [-0.05, 0) is 52.1 Å². The minimum atomic E-state index is 0.683. The van der Waals surface area contributed by atoms with Crippen LogP contribution in [0.1, 0.15) is 38.8 Å². The van der Waals surface area contributed by atoms with Crippen LogP contribution in [0.25, 0.3) is 0 Å². The summed E-state index contributed by atoms with van der Waals surface area (Å²) >= 11 is 0. The molecule has 0 amide bonds. The summed E-state index contributed by atoms with van der Waals surface area (Å²) < 4.78 is 5.67. The van der Waals surface area contributed by atoms with E-state index in [-0.39, 0.29) is 0 Å². The summed E-state index contributed by atoms with van der Waals surface area (Å²) in [5.74, 6) is 2.18. The van der Waals surface area contributed by atoms with Gasteiger partial charge in [-0.15, -0.1) is 0 Å². The Morgan fingerprint density at radius 2 is 2.24 bits per heavy atom. The first kappa shape index (κ1) is 16.0. The number of nitrogens with zero attached hydrogens (tertiary/aromatic N) is 3. The fourth-order valence-electron chi connectivity index (χ4n) is 2.69. The minimum absolute atomic E-state index is 0.683. The van der Waals surface area contributed by atoms with Crippen LogP contribution in [0.5, 0.6) is 5.88 Å². The third kappa shape index (κ3) is 4.84. The largest absolute Gasteiger partial charge is 0.478 e. The van der Waals surface area contributed by atoms with Crippen LogP contribution in [0, 0.1) is 12.8 Å². The van der Waals surface area contributed by atoms with Crippen molar-refractivity contribution in [2.45, 2.75) is 40.0 Å². The molecule has 1 aromatic rings. The molecule has 1 N–H and O–H groups in total. The fraction of sp³-hybridized carbons (Fsp3) is 0.750. The number of nitrogens with one attached hydrogen (secondary N) is 1. The Bertz CT molecular complexity index is 432. The molecular formula is C16H28N4O. The molecule has 1 atom stereocenters. The highest BCUT2D eigenvalue weighted by Gasteiger charge is 2.18. The van der Waals surface area contributed by atoms with Gasteiger partial charge in [0.05, 0.1) is 6.61 Å². The molecule has 118 valence electrons. The SMILES string of the molecule is CCCOc1cc(C)nc(N(CC)CC2CCCNC2)n1. The first-order valence-electron chi connectivity index (χ1n) is 8.17. The summed E-state index contributed by atoms with van der Waals surface area (Å²) in [6.07, 6.45) is 3.54. The normalized spacial score (nSPS) is 18.5. The average molecular weight is 292 g/mol. The zero-order valence-electron chi connectivity index (χ0n) is 13.6. The monoisotopic (exact) mass is 292 g/mol. The Hall–Kier alpha value is -1.36. The summed E-state index contributed by atoms with van der Waals surface area (Å²) in [5.41, 5.74) is 0.964. The number of piperidine rings is 1. The summed E-state index contributed by atoms with van der Waals surface area (Å²) in [6.45, 7) is 11.2. The molecule has 0 radical (unpaired) electrons. The van der Waals surface area contributed by atoms with Gasteiger partial charge in [0.15, 0.2) is 0 Å². The first-order chi connectivity index (χ1) is 10.2. The lowest BCUT2D eigenvalue weighted by Crippen LogP contribution is -2.39. The second-order valence-electron chi connectivity index (χ2n) is 5.75. The van der Waals surface area contributed by atoms with Crippen LogP contribution < -0.4 is 15.0 Å². The molecule has 21 heavy (non-hydrogen) atoms. The maximum absolute atomic E-state index is 5.67. The molecule has 0 saturated carbocycles. The lowest BCUT2D eigenvalue weighted by atomic mass is 9.99. The number of ether oxygens (including phenoxy) is 1. The van der Waals surface area contributed by atoms with Gasteiger partial charge in [0.25, 0.3) is 0 Å². The van der Waals surface area contributed by atoms with E-state index in [1.54, 1.807) is 0 Å². The molecule has 1 fully saturated rings. The van der Waals surface area contributed by atoms with Gasteiger partial charge < -0.3 is 15.0 Å². The van der Waals surface area contributed by atoms with Crippen molar-refractivity contribution in [3.8, 4) is 5.88 Å². The predicted molar refractivity (Wildman–Crippen MR) is 86.0 cm³/mol. The Labute approximate surface area is 128 Å². The molecule has 1 aromatic heterocycles. The second-order valence-corrected chi connectivity index (χ2v) is 5.75. The molecule has 0 bridgehead atoms. The molecule has 2 heterocycles. The third-order valence-corrected chi connectivity index (χ3v) is 3.82. The molecule has 2 rings (SSSR count). The average Bonchev–Trinajstić information content (AvgIpc) is 2.51. The van der Waals surface area contributed by atoms with Gasteiger partial charge >= 0.3 is 0 Å². The molecule has 1 unspecified atom stereocenters. The minimum Gasteiger partial charge on any atom is -0.478 e. The molecule has 0 aliphatic carbocycles. The zero-order chi connectivity index (χ0) is 15.1. The van der Waals surface area contributed by atoms with Gasteiger partial charge in [0.1, 0.15) is 0 Å². The van der Waals surface area contributed by atoms with E-state index in [9.17, 15) is 0 Å². The van der Waals surface area contributed by atoms with Crippen LogP contribution in [0.4, 0.5) is 5.95 Å². The number of hydrogen-bond donors (Lipinski definition) is 1. The van der Waals surface area contributed by atoms with Gasteiger partial charge in [-0.25, -0.2) is 4.98 Å². The van der Waals surface area contributed by atoms with Crippen molar-refractivity contribution in [1.82, 2.24) is 15.3 Å². The summed E-state index contributed by atoms with van der Waals surface area (Å²) in [5, 5.41) is 3.47. The number of rotatable bonds is 7. The molecule has 0 aromatic carbocycles. The number of aromatic nitrogens is 2. The Morgan fingerprint density at radius 1 is 1.38 bits per heavy atom. The van der Waals surface area contributed by atoms with E-state index in [0.717, 1.165) is 44.2 Å². The smallest absolute Gasteiger partial charge is 0.228 e. The molecule has 5 heteroatoms. The van der Waals surface area contributed by atoms with Gasteiger partial charge in [-0.1, -0.05) is 6.92 Å². The van der Waals surface area contributed by atoms with Crippen LogP contribution in [0.3, 0.4) is 0 Å². The fourth-order valence-corrected chi connectivity index (χ4v) is 2.69. The van der Waals surface area contributed by atoms with Crippen LogP contribution in [0.15, 0.2) is 6.07 Å². The maximum atomic E-state index is 5.67. The second kappa shape index (κ2) is 8.17. The van der Waals surface area contributed by atoms with Crippen molar-refractivity contribution < 1.29 is 4.74 Å². The zero-order valence-corrected chi connectivity index (χ0v) is 13.6. The third-order valence-electron chi connectivity index (χ3n) is 3.82. The highest BCUT2D eigenvalue weighted by Crippen LogP contribution is 2.19. The van der Waals surface area contributed by atoms with Gasteiger partial charge in [0.2, 0.25) is 11.8 Å². The Balaban J connectivity index is 2.06. The van der Waals surface area contributed by atoms with E-state index in [1.807, 2.05) is 13.0 Å². The van der Waals surface area contributed by atoms with Crippen molar-refractivity contribution in [2.24, 2.45) is 5.92 Å². The summed E-state index contributed by atoms with van der Waals surface area (Å²) in [4.78, 5) is 11.4.